The summed E-state index contributed by atoms with van der Waals surface area (Å²) in [7, 11) is 8.12. The van der Waals surface area contributed by atoms with E-state index in [4.69, 9.17) is 35.0 Å². The van der Waals surface area contributed by atoms with E-state index in [1.54, 1.807) is 0 Å². The van der Waals surface area contributed by atoms with Gasteiger partial charge in [-0.25, -0.2) is 11.4 Å². The molecule has 0 heterocycles. The first-order chi connectivity index (χ1) is 8.42. The molecule has 106 valence electrons. The van der Waals surface area contributed by atoms with Crippen LogP contribution in [0.25, 0.3) is 4.85 Å². The van der Waals surface area contributed by atoms with Gasteiger partial charge in [-0.15, -0.1) is 0 Å². The van der Waals surface area contributed by atoms with Crippen molar-refractivity contribution in [3.8, 4) is 0 Å². The monoisotopic (exact) mass is 263 g/mol. The minimum atomic E-state index is -1.79. The lowest BCUT2D eigenvalue weighted by Crippen LogP contribution is -2.69. The van der Waals surface area contributed by atoms with Gasteiger partial charge in [-0.2, -0.15) is 0 Å². The molecule has 0 spiro atoms. The van der Waals surface area contributed by atoms with Crippen molar-refractivity contribution in [3.63, 3.8) is 0 Å². The molecule has 1 atom stereocenters. The summed E-state index contributed by atoms with van der Waals surface area (Å²) < 4.78 is 31.4. The molecular weight excluding hydrogens is 242 g/mol. The predicted octanol–water partition coefficient (Wildman–Crippen LogP) is 0.850. The Labute approximate surface area is 108 Å². The molecule has 18 heavy (non-hydrogen) atoms. The zero-order chi connectivity index (χ0) is 14.4. The Hall–Kier alpha value is -0.750. The van der Waals surface area contributed by atoms with Gasteiger partial charge in [0.15, 0.2) is 0 Å². The van der Waals surface area contributed by atoms with Crippen molar-refractivity contribution >= 4 is 0 Å². The van der Waals surface area contributed by atoms with E-state index in [-0.39, 0.29) is 0 Å². The first kappa shape index (κ1) is 17.2. The van der Waals surface area contributed by atoms with Crippen LogP contribution in [0.1, 0.15) is 6.92 Å². The van der Waals surface area contributed by atoms with E-state index < -0.39 is 17.5 Å². The zero-order valence-corrected chi connectivity index (χ0v) is 11.9. The Balaban J connectivity index is 5.95. The Kier molecular flexibility index (Phi) is 6.16. The van der Waals surface area contributed by atoms with Gasteiger partial charge in [0, 0.05) is 42.7 Å². The summed E-state index contributed by atoms with van der Waals surface area (Å²) in [6.07, 6.45) is 0. The lowest BCUT2D eigenvalue weighted by atomic mass is 9.97. The van der Waals surface area contributed by atoms with Crippen LogP contribution >= 0.6 is 0 Å². The fraction of sp³-hybridized carbons (Fsp3) is 0.909. The predicted molar refractivity (Wildman–Crippen MR) is 62.5 cm³/mol. The van der Waals surface area contributed by atoms with E-state index in [0.717, 1.165) is 0 Å². The topological polar surface area (TPSA) is 59.7 Å². The molecule has 7 nitrogen and oxygen atoms in total. The van der Waals surface area contributed by atoms with Crippen molar-refractivity contribution in [2.24, 2.45) is 0 Å². The molecule has 0 saturated heterocycles. The fourth-order valence-electron chi connectivity index (χ4n) is 1.95. The second-order valence-electron chi connectivity index (χ2n) is 3.51. The van der Waals surface area contributed by atoms with Crippen LogP contribution in [0, 0.1) is 6.57 Å². The molecule has 0 aromatic heterocycles. The lowest BCUT2D eigenvalue weighted by Gasteiger charge is -2.45. The Bertz CT molecular complexity index is 286. The maximum atomic E-state index is 7.30. The van der Waals surface area contributed by atoms with Gasteiger partial charge >= 0.3 is 11.9 Å². The number of hydrogen-bond acceptors (Lipinski definition) is 6. The van der Waals surface area contributed by atoms with Crippen LogP contribution in [0.15, 0.2) is 0 Å². The van der Waals surface area contributed by atoms with Gasteiger partial charge in [0.05, 0.1) is 0 Å². The molecule has 7 heteroatoms. The van der Waals surface area contributed by atoms with Gasteiger partial charge in [-0.3, -0.25) is 9.47 Å². The van der Waals surface area contributed by atoms with Gasteiger partial charge in [-0.1, -0.05) is 0 Å². The van der Waals surface area contributed by atoms with Gasteiger partial charge in [0.1, 0.15) is 0 Å². The highest BCUT2D eigenvalue weighted by Crippen LogP contribution is 2.42. The average Bonchev–Trinajstić information content (AvgIpc) is 2.43. The second-order valence-corrected chi connectivity index (χ2v) is 3.51. The molecule has 0 aromatic rings. The fourth-order valence-corrected chi connectivity index (χ4v) is 1.95. The summed E-state index contributed by atoms with van der Waals surface area (Å²) in [5.41, 5.74) is -1.50. The summed E-state index contributed by atoms with van der Waals surface area (Å²) in [6, 6.07) is 0. The normalized spacial score (nSPS) is 16.1. The van der Waals surface area contributed by atoms with Crippen LogP contribution in [0.5, 0.6) is 0 Å². The van der Waals surface area contributed by atoms with Gasteiger partial charge in [0.2, 0.25) is 0 Å². The highest BCUT2D eigenvalue weighted by atomic mass is 16.9. The first-order valence-electron chi connectivity index (χ1n) is 5.12. The summed E-state index contributed by atoms with van der Waals surface area (Å²) in [5, 5.41) is 0. The van der Waals surface area contributed by atoms with Gasteiger partial charge in [-0.05, 0) is 6.92 Å². The van der Waals surface area contributed by atoms with Crippen molar-refractivity contribution in [2.45, 2.75) is 24.4 Å². The third kappa shape index (κ3) is 2.12. The number of methoxy groups -OCH3 is 6. The minimum absolute atomic E-state index is 1.32. The smallest absolute Gasteiger partial charge is 0.359 e. The third-order valence-electron chi connectivity index (χ3n) is 3.10. The molecule has 0 radical (unpaired) electrons. The molecular formula is C11H21NO6. The number of rotatable bonds is 8. The van der Waals surface area contributed by atoms with Crippen molar-refractivity contribution in [2.75, 3.05) is 42.7 Å². The summed E-state index contributed by atoms with van der Waals surface area (Å²) >= 11 is 0. The molecule has 0 N–H and O–H groups in total. The Morgan fingerprint density at radius 3 is 1.28 bits per heavy atom. The number of nitrogens with zero attached hydrogens (tertiary/aromatic N) is 1. The Morgan fingerprint density at radius 2 is 1.11 bits per heavy atom. The molecule has 0 aromatic carbocycles. The van der Waals surface area contributed by atoms with Gasteiger partial charge in [0.25, 0.3) is 5.60 Å². The van der Waals surface area contributed by atoms with E-state index in [2.05, 4.69) is 4.85 Å². The van der Waals surface area contributed by atoms with Crippen LogP contribution in [0.3, 0.4) is 0 Å². The van der Waals surface area contributed by atoms with E-state index in [9.17, 15) is 0 Å². The zero-order valence-electron chi connectivity index (χ0n) is 11.9. The third-order valence-corrected chi connectivity index (χ3v) is 3.10. The van der Waals surface area contributed by atoms with Crippen LogP contribution in [0.4, 0.5) is 0 Å². The van der Waals surface area contributed by atoms with Crippen LogP contribution < -0.4 is 0 Å². The molecule has 0 fully saturated rings. The number of ether oxygens (including phenoxy) is 6. The van der Waals surface area contributed by atoms with E-state index in [1.165, 1.54) is 49.6 Å². The summed E-state index contributed by atoms with van der Waals surface area (Å²) in [6.45, 7) is 8.84. The van der Waals surface area contributed by atoms with E-state index >= 15 is 0 Å². The van der Waals surface area contributed by atoms with Crippen molar-refractivity contribution < 1.29 is 28.4 Å². The molecule has 0 amide bonds. The SMILES string of the molecule is [C-]#[N+]C(OC)(OC)C(C)(OC)C(OC)(OC)OC. The van der Waals surface area contributed by atoms with Crippen LogP contribution in [-0.4, -0.2) is 60.1 Å². The molecule has 1 unspecified atom stereocenters. The second kappa shape index (κ2) is 6.43. The Morgan fingerprint density at radius 1 is 0.722 bits per heavy atom. The summed E-state index contributed by atoms with van der Waals surface area (Å²) in [5.74, 6) is -3.46. The van der Waals surface area contributed by atoms with Crippen molar-refractivity contribution in [1.82, 2.24) is 0 Å². The van der Waals surface area contributed by atoms with E-state index in [1.807, 2.05) is 0 Å². The lowest BCUT2D eigenvalue weighted by molar-refractivity contribution is -0.463. The molecule has 0 aliphatic carbocycles. The maximum absolute atomic E-state index is 7.30. The van der Waals surface area contributed by atoms with Crippen molar-refractivity contribution in [1.29, 1.82) is 0 Å². The molecule has 0 aliphatic rings. The first-order valence-corrected chi connectivity index (χ1v) is 5.12. The van der Waals surface area contributed by atoms with Crippen LogP contribution in [-0.2, 0) is 28.4 Å². The minimum Gasteiger partial charge on any atom is -0.359 e. The maximum Gasteiger partial charge on any atom is 0.494 e. The quantitative estimate of drug-likeness (QED) is 0.478. The van der Waals surface area contributed by atoms with Crippen LogP contribution in [0.2, 0.25) is 0 Å². The standard InChI is InChI=1S/C11H21NO6/c1-9(13-3,10(12-2,14-4)15-5)11(16-6,17-7)18-8/h1,3-8H3. The highest BCUT2D eigenvalue weighted by Gasteiger charge is 2.72. The molecule has 0 rings (SSSR count). The van der Waals surface area contributed by atoms with Crippen molar-refractivity contribution in [3.05, 3.63) is 11.4 Å². The van der Waals surface area contributed by atoms with E-state index in [0.29, 0.717) is 0 Å². The summed E-state index contributed by atoms with van der Waals surface area (Å²) in [4.78, 5) is 3.35. The molecule has 0 bridgehead atoms. The molecule has 0 saturated carbocycles. The average molecular weight is 263 g/mol. The number of hydrogen-bond donors (Lipinski definition) is 0. The van der Waals surface area contributed by atoms with Gasteiger partial charge < -0.3 is 18.9 Å². The molecule has 0 aliphatic heterocycles. The largest absolute Gasteiger partial charge is 0.494 e. The highest BCUT2D eigenvalue weighted by molar-refractivity contribution is 5.04.